The number of carbonyl (C=O) groups excluding carboxylic acids is 1. The normalized spacial score (nSPS) is 26.8. The number of aliphatic hydroxyl groups is 1. The highest BCUT2D eigenvalue weighted by atomic mass is 16.5. The summed E-state index contributed by atoms with van der Waals surface area (Å²) in [5, 5.41) is 11.2. The second-order valence-corrected chi connectivity index (χ2v) is 8.23. The Kier molecular flexibility index (Phi) is 4.67. The molecule has 1 saturated heterocycles. The minimum absolute atomic E-state index is 0.0818. The molecule has 2 aromatic carbocycles. The topological polar surface area (TPSA) is 46.5 Å². The molecular formula is C25H28O3. The lowest BCUT2D eigenvalue weighted by Crippen LogP contribution is -2.40. The van der Waals surface area contributed by atoms with Gasteiger partial charge in [-0.25, -0.2) is 0 Å². The van der Waals surface area contributed by atoms with Crippen LogP contribution in [-0.2, 0) is 16.0 Å². The van der Waals surface area contributed by atoms with Crippen molar-refractivity contribution in [3.05, 3.63) is 64.9 Å². The number of aryl methyl sites for hydroxylation is 2. The van der Waals surface area contributed by atoms with E-state index < -0.39 is 11.7 Å². The maximum atomic E-state index is 13.2. The summed E-state index contributed by atoms with van der Waals surface area (Å²) in [6.07, 6.45) is 1.90. The van der Waals surface area contributed by atoms with Gasteiger partial charge in [-0.05, 0) is 67.3 Å². The van der Waals surface area contributed by atoms with E-state index in [0.29, 0.717) is 12.0 Å². The summed E-state index contributed by atoms with van der Waals surface area (Å²) in [7, 11) is 0. The molecule has 28 heavy (non-hydrogen) atoms. The first-order valence-corrected chi connectivity index (χ1v) is 10.2. The number of hydrogen-bond acceptors (Lipinski definition) is 3. The molecule has 3 heteroatoms. The summed E-state index contributed by atoms with van der Waals surface area (Å²) >= 11 is 0. The molecule has 2 aliphatic rings. The zero-order chi connectivity index (χ0) is 20.1. The van der Waals surface area contributed by atoms with Gasteiger partial charge in [0.25, 0.3) is 0 Å². The summed E-state index contributed by atoms with van der Waals surface area (Å²) in [6, 6.07) is 14.6. The van der Waals surface area contributed by atoms with Crippen LogP contribution in [0.4, 0.5) is 0 Å². The molecule has 1 fully saturated rings. The predicted molar refractivity (Wildman–Crippen MR) is 112 cm³/mol. The number of hydrogen-bond donors (Lipinski definition) is 1. The van der Waals surface area contributed by atoms with E-state index in [-0.39, 0.29) is 17.5 Å². The van der Waals surface area contributed by atoms with Gasteiger partial charge in [0.1, 0.15) is 17.5 Å². The van der Waals surface area contributed by atoms with E-state index in [1.54, 1.807) is 0 Å². The summed E-state index contributed by atoms with van der Waals surface area (Å²) in [6.45, 7) is 8.17. The van der Waals surface area contributed by atoms with Gasteiger partial charge in [-0.15, -0.1) is 0 Å². The van der Waals surface area contributed by atoms with Crippen LogP contribution in [0.15, 0.2) is 48.2 Å². The molecule has 2 bridgehead atoms. The first kappa shape index (κ1) is 18.9. The number of rotatable bonds is 4. The van der Waals surface area contributed by atoms with Gasteiger partial charge in [-0.3, -0.25) is 4.79 Å². The lowest BCUT2D eigenvalue weighted by Gasteiger charge is -2.34. The Hall–Kier alpha value is -2.39. The van der Waals surface area contributed by atoms with Gasteiger partial charge in [0, 0.05) is 0 Å². The largest absolute Gasteiger partial charge is 0.508 e. The van der Waals surface area contributed by atoms with Crippen molar-refractivity contribution in [3.8, 4) is 11.1 Å². The minimum Gasteiger partial charge on any atom is -0.508 e. The standard InChI is InChI=1S/C25H28O3/c1-5-16-11-12-18(17-9-7-15(3)8-10-17)13-20(16)22-23(26)21-14-19(6-2)25(4,28-21)24(22)27/h7-13,19,21,27H,5-6,14H2,1-4H3/t19?,21-,25+/m0/s1. The zero-order valence-corrected chi connectivity index (χ0v) is 17.1. The molecule has 4 rings (SSSR count). The molecular weight excluding hydrogens is 348 g/mol. The van der Waals surface area contributed by atoms with Crippen LogP contribution in [0.2, 0.25) is 0 Å². The van der Waals surface area contributed by atoms with E-state index in [9.17, 15) is 9.90 Å². The monoisotopic (exact) mass is 376 g/mol. The van der Waals surface area contributed by atoms with Crippen LogP contribution < -0.4 is 0 Å². The predicted octanol–water partition coefficient (Wildman–Crippen LogP) is 5.65. The Labute approximate surface area is 167 Å². The van der Waals surface area contributed by atoms with Crippen molar-refractivity contribution in [2.45, 2.75) is 58.7 Å². The number of fused-ring (bicyclic) bond motifs is 2. The van der Waals surface area contributed by atoms with Gasteiger partial charge < -0.3 is 9.84 Å². The first-order valence-electron chi connectivity index (χ1n) is 10.2. The molecule has 0 aliphatic carbocycles. The van der Waals surface area contributed by atoms with E-state index in [1.165, 1.54) is 5.56 Å². The summed E-state index contributed by atoms with van der Waals surface area (Å²) in [5.74, 6) is 0.180. The Morgan fingerprint density at radius 2 is 1.79 bits per heavy atom. The van der Waals surface area contributed by atoms with Crippen molar-refractivity contribution < 1.29 is 14.6 Å². The Morgan fingerprint density at radius 1 is 1.11 bits per heavy atom. The van der Waals surface area contributed by atoms with Crippen LogP contribution in [0.1, 0.15) is 50.3 Å². The number of Topliss-reactive ketones (excluding diaryl/α,β-unsaturated/α-hetero) is 1. The highest BCUT2D eigenvalue weighted by Crippen LogP contribution is 2.50. The van der Waals surface area contributed by atoms with Gasteiger partial charge in [-0.1, -0.05) is 55.8 Å². The maximum Gasteiger partial charge on any atom is 0.195 e. The van der Waals surface area contributed by atoms with Crippen LogP contribution >= 0.6 is 0 Å². The maximum absolute atomic E-state index is 13.2. The molecule has 0 amide bonds. The van der Waals surface area contributed by atoms with E-state index in [4.69, 9.17) is 4.74 Å². The third-order valence-corrected chi connectivity index (χ3v) is 6.55. The second kappa shape index (κ2) is 6.89. The molecule has 0 saturated carbocycles. The molecule has 3 nitrogen and oxygen atoms in total. The third-order valence-electron chi connectivity index (χ3n) is 6.55. The van der Waals surface area contributed by atoms with Crippen LogP contribution in [0.5, 0.6) is 0 Å². The smallest absolute Gasteiger partial charge is 0.195 e. The Morgan fingerprint density at radius 3 is 2.43 bits per heavy atom. The van der Waals surface area contributed by atoms with Gasteiger partial charge in [0.2, 0.25) is 0 Å². The van der Waals surface area contributed by atoms with E-state index in [1.807, 2.05) is 6.92 Å². The highest BCUT2D eigenvalue weighted by Gasteiger charge is 2.55. The number of ketones is 1. The highest BCUT2D eigenvalue weighted by molar-refractivity contribution is 6.25. The molecule has 3 atom stereocenters. The minimum atomic E-state index is -0.770. The van der Waals surface area contributed by atoms with Crippen LogP contribution in [0, 0.1) is 12.8 Å². The van der Waals surface area contributed by atoms with Crippen LogP contribution in [0.25, 0.3) is 16.7 Å². The van der Waals surface area contributed by atoms with Crippen molar-refractivity contribution in [2.75, 3.05) is 0 Å². The molecule has 1 unspecified atom stereocenters. The van der Waals surface area contributed by atoms with E-state index >= 15 is 0 Å². The van der Waals surface area contributed by atoms with Crippen LogP contribution in [0.3, 0.4) is 0 Å². The van der Waals surface area contributed by atoms with Crippen molar-refractivity contribution in [1.82, 2.24) is 0 Å². The van der Waals surface area contributed by atoms with E-state index in [2.05, 4.69) is 63.2 Å². The molecule has 2 aromatic rings. The summed E-state index contributed by atoms with van der Waals surface area (Å²) in [5.41, 5.74) is 4.98. The lowest BCUT2D eigenvalue weighted by molar-refractivity contribution is -0.131. The van der Waals surface area contributed by atoms with Gasteiger partial charge in [0.05, 0.1) is 5.57 Å². The van der Waals surface area contributed by atoms with Crippen LogP contribution in [-0.4, -0.2) is 22.6 Å². The summed E-state index contributed by atoms with van der Waals surface area (Å²) < 4.78 is 6.01. The number of aliphatic hydroxyl groups excluding tert-OH is 1. The average Bonchev–Trinajstić information content (AvgIpc) is 3.03. The van der Waals surface area contributed by atoms with Gasteiger partial charge in [0.15, 0.2) is 5.78 Å². The first-order chi connectivity index (χ1) is 13.4. The lowest BCUT2D eigenvalue weighted by atomic mass is 9.83. The molecule has 1 N–H and O–H groups in total. The molecule has 2 aliphatic heterocycles. The third kappa shape index (κ3) is 2.80. The molecule has 146 valence electrons. The fourth-order valence-electron chi connectivity index (χ4n) is 4.72. The SMILES string of the molecule is CCc1ccc(-c2ccc(C)cc2)cc1C1=C(O)[C@]2(C)O[C@@H](CC2CC)C1=O. The van der Waals surface area contributed by atoms with Gasteiger partial charge >= 0.3 is 0 Å². The van der Waals surface area contributed by atoms with Crippen molar-refractivity contribution >= 4 is 11.4 Å². The number of benzene rings is 2. The van der Waals surface area contributed by atoms with Crippen molar-refractivity contribution in [3.63, 3.8) is 0 Å². The quantitative estimate of drug-likeness (QED) is 0.750. The molecule has 0 aromatic heterocycles. The average molecular weight is 376 g/mol. The number of carbonyl (C=O) groups is 1. The number of ether oxygens (including phenoxy) is 1. The van der Waals surface area contributed by atoms with E-state index in [0.717, 1.165) is 35.1 Å². The molecule has 0 radical (unpaired) electrons. The molecule has 0 spiro atoms. The van der Waals surface area contributed by atoms with Crippen molar-refractivity contribution in [2.24, 2.45) is 5.92 Å². The second-order valence-electron chi connectivity index (χ2n) is 8.23. The fourth-order valence-corrected chi connectivity index (χ4v) is 4.72. The Bertz CT molecular complexity index is 954. The van der Waals surface area contributed by atoms with Gasteiger partial charge in [-0.2, -0.15) is 0 Å². The summed E-state index contributed by atoms with van der Waals surface area (Å²) in [4.78, 5) is 13.2. The molecule has 2 heterocycles. The van der Waals surface area contributed by atoms with Crippen molar-refractivity contribution in [1.29, 1.82) is 0 Å². The Balaban J connectivity index is 1.89. The zero-order valence-electron chi connectivity index (χ0n) is 17.1. The fraction of sp³-hybridized carbons (Fsp3) is 0.400.